The molecule has 0 saturated heterocycles. The van der Waals surface area contributed by atoms with Crippen LogP contribution in [0.1, 0.15) is 10.5 Å². The van der Waals surface area contributed by atoms with Crippen molar-refractivity contribution in [3.05, 3.63) is 28.1 Å². The van der Waals surface area contributed by atoms with E-state index in [-0.39, 0.29) is 23.7 Å². The summed E-state index contributed by atoms with van der Waals surface area (Å²) < 4.78 is 0. The molecule has 0 fully saturated rings. The van der Waals surface area contributed by atoms with E-state index in [1.54, 1.807) is 11.8 Å². The van der Waals surface area contributed by atoms with Crippen LogP contribution in [0.5, 0.6) is 0 Å². The van der Waals surface area contributed by atoms with Gasteiger partial charge < -0.3 is 4.98 Å². The minimum Gasteiger partial charge on any atom is -0.353 e. The smallest absolute Gasteiger partial charge is 0.287 e. The third-order valence-corrected chi connectivity index (χ3v) is 2.86. The molecule has 0 saturated carbocycles. The first-order valence-electron chi connectivity index (χ1n) is 5.08. The quantitative estimate of drug-likeness (QED) is 0.454. The maximum Gasteiger partial charge on any atom is 0.287 e. The first-order chi connectivity index (χ1) is 8.04. The Morgan fingerprint density at radius 3 is 2.88 bits per heavy atom. The van der Waals surface area contributed by atoms with Gasteiger partial charge >= 0.3 is 0 Å². The van der Waals surface area contributed by atoms with Crippen molar-refractivity contribution in [2.45, 2.75) is 0 Å². The standard InChI is InChI=1S/C10H15N3O3S/c1-12(3-4-17-2)7-10(14)9-5-8(6-11-9)13(15)16/h5-6,11H,3-4,7H2,1-2H3. The Labute approximate surface area is 104 Å². The maximum atomic E-state index is 11.8. The number of Topliss-reactive ketones (excluding diaryl/α,β-unsaturated/α-hetero) is 1. The Morgan fingerprint density at radius 1 is 1.65 bits per heavy atom. The minimum absolute atomic E-state index is 0.0832. The summed E-state index contributed by atoms with van der Waals surface area (Å²) in [7, 11) is 1.85. The molecule has 0 aromatic carbocycles. The molecule has 94 valence electrons. The number of ketones is 1. The first-order valence-corrected chi connectivity index (χ1v) is 6.47. The Bertz CT molecular complexity index is 405. The van der Waals surface area contributed by atoms with Gasteiger partial charge in [0.25, 0.3) is 5.69 Å². The molecule has 17 heavy (non-hydrogen) atoms. The van der Waals surface area contributed by atoms with Crippen LogP contribution in [0, 0.1) is 10.1 Å². The van der Waals surface area contributed by atoms with E-state index in [0.717, 1.165) is 12.3 Å². The summed E-state index contributed by atoms with van der Waals surface area (Å²) >= 11 is 1.71. The third kappa shape index (κ3) is 4.20. The SMILES string of the molecule is CSCCN(C)CC(=O)c1cc([N+](=O)[O-])c[nH]1. The second-order valence-corrected chi connectivity index (χ2v) is 4.67. The molecule has 0 amide bonds. The molecule has 1 N–H and O–H groups in total. The largest absolute Gasteiger partial charge is 0.353 e. The van der Waals surface area contributed by atoms with E-state index < -0.39 is 4.92 Å². The predicted octanol–water partition coefficient (Wildman–Crippen LogP) is 1.40. The van der Waals surface area contributed by atoms with E-state index in [4.69, 9.17) is 0 Å². The van der Waals surface area contributed by atoms with Crippen LogP contribution in [0.25, 0.3) is 0 Å². The Kier molecular flexibility index (Phi) is 5.17. The summed E-state index contributed by atoms with van der Waals surface area (Å²) in [5.74, 6) is 0.816. The number of nitrogens with zero attached hydrogens (tertiary/aromatic N) is 2. The predicted molar refractivity (Wildman–Crippen MR) is 67.7 cm³/mol. The molecule has 7 heteroatoms. The van der Waals surface area contributed by atoms with Crippen molar-refractivity contribution in [2.75, 3.05) is 32.1 Å². The fraction of sp³-hybridized carbons (Fsp3) is 0.500. The van der Waals surface area contributed by atoms with Crippen LogP contribution in [0.3, 0.4) is 0 Å². The molecule has 1 heterocycles. The highest BCUT2D eigenvalue weighted by atomic mass is 32.2. The number of hydrogen-bond donors (Lipinski definition) is 1. The van der Waals surface area contributed by atoms with E-state index >= 15 is 0 Å². The number of thioether (sulfide) groups is 1. The summed E-state index contributed by atoms with van der Waals surface area (Å²) in [6.45, 7) is 1.08. The molecule has 0 spiro atoms. The normalized spacial score (nSPS) is 10.8. The molecule has 0 aliphatic heterocycles. The Balaban J connectivity index is 2.54. The van der Waals surface area contributed by atoms with Crippen LogP contribution in [0.4, 0.5) is 5.69 Å². The first kappa shape index (κ1) is 13.7. The van der Waals surface area contributed by atoms with Crippen LogP contribution in [-0.4, -0.2) is 52.7 Å². The number of nitrogens with one attached hydrogen (secondary N) is 1. The summed E-state index contributed by atoms with van der Waals surface area (Å²) in [5.41, 5.74) is 0.202. The maximum absolute atomic E-state index is 11.8. The van der Waals surface area contributed by atoms with Gasteiger partial charge in [-0.2, -0.15) is 11.8 Å². The zero-order valence-electron chi connectivity index (χ0n) is 9.80. The highest BCUT2D eigenvalue weighted by Crippen LogP contribution is 2.12. The van der Waals surface area contributed by atoms with Crippen molar-refractivity contribution in [2.24, 2.45) is 0 Å². The van der Waals surface area contributed by atoms with Gasteiger partial charge in [-0.1, -0.05) is 0 Å². The molecule has 6 nitrogen and oxygen atoms in total. The number of rotatable bonds is 7. The van der Waals surface area contributed by atoms with Crippen LogP contribution < -0.4 is 0 Å². The second-order valence-electron chi connectivity index (χ2n) is 3.68. The van der Waals surface area contributed by atoms with Crippen molar-refractivity contribution in [3.8, 4) is 0 Å². The lowest BCUT2D eigenvalue weighted by molar-refractivity contribution is -0.384. The van der Waals surface area contributed by atoms with E-state index in [1.165, 1.54) is 12.3 Å². The van der Waals surface area contributed by atoms with Gasteiger partial charge in [-0.05, 0) is 13.3 Å². The van der Waals surface area contributed by atoms with Gasteiger partial charge in [-0.15, -0.1) is 0 Å². The van der Waals surface area contributed by atoms with Crippen LogP contribution >= 0.6 is 11.8 Å². The Hall–Kier alpha value is -1.34. The van der Waals surface area contributed by atoms with Gasteiger partial charge in [-0.25, -0.2) is 0 Å². The molecule has 0 unspecified atom stereocenters. The van der Waals surface area contributed by atoms with Crippen molar-refractivity contribution >= 4 is 23.2 Å². The number of aromatic nitrogens is 1. The highest BCUT2D eigenvalue weighted by Gasteiger charge is 2.15. The van der Waals surface area contributed by atoms with Gasteiger partial charge in [0.15, 0.2) is 5.78 Å². The van der Waals surface area contributed by atoms with Crippen LogP contribution in [0.15, 0.2) is 12.3 Å². The third-order valence-electron chi connectivity index (χ3n) is 2.27. The van der Waals surface area contributed by atoms with Gasteiger partial charge in [0.1, 0.15) is 0 Å². The van der Waals surface area contributed by atoms with Crippen molar-refractivity contribution in [1.82, 2.24) is 9.88 Å². The minimum atomic E-state index is -0.523. The zero-order valence-corrected chi connectivity index (χ0v) is 10.6. The summed E-state index contributed by atoms with van der Waals surface area (Å²) in [6, 6.07) is 1.27. The van der Waals surface area contributed by atoms with E-state index in [2.05, 4.69) is 4.98 Å². The van der Waals surface area contributed by atoms with Crippen molar-refractivity contribution < 1.29 is 9.72 Å². The average Bonchev–Trinajstić information content (AvgIpc) is 2.75. The molecule has 1 rings (SSSR count). The average molecular weight is 257 g/mol. The number of hydrogen-bond acceptors (Lipinski definition) is 5. The molecule has 1 aromatic rings. The topological polar surface area (TPSA) is 79.2 Å². The number of likely N-dealkylation sites (N-methyl/N-ethyl adjacent to an activating group) is 1. The molecular formula is C10H15N3O3S. The fourth-order valence-electron chi connectivity index (χ4n) is 1.31. The lowest BCUT2D eigenvalue weighted by Crippen LogP contribution is -2.28. The molecule has 0 bridgehead atoms. The molecule has 0 atom stereocenters. The Morgan fingerprint density at radius 2 is 2.35 bits per heavy atom. The number of H-pyrrole nitrogens is 1. The number of carbonyl (C=O) groups is 1. The zero-order chi connectivity index (χ0) is 12.8. The molecule has 0 aliphatic rings. The number of aromatic amines is 1. The van der Waals surface area contributed by atoms with E-state index in [0.29, 0.717) is 0 Å². The van der Waals surface area contributed by atoms with E-state index in [1.807, 2.05) is 18.2 Å². The summed E-state index contributed by atoms with van der Waals surface area (Å²) in [4.78, 5) is 26.2. The van der Waals surface area contributed by atoms with Gasteiger partial charge in [0.2, 0.25) is 0 Å². The highest BCUT2D eigenvalue weighted by molar-refractivity contribution is 7.98. The van der Waals surface area contributed by atoms with Gasteiger partial charge in [0.05, 0.1) is 23.4 Å². The van der Waals surface area contributed by atoms with Crippen molar-refractivity contribution in [3.63, 3.8) is 0 Å². The molecule has 0 aliphatic carbocycles. The number of carbonyl (C=O) groups excluding carboxylic acids is 1. The molecule has 1 aromatic heterocycles. The van der Waals surface area contributed by atoms with Crippen LogP contribution in [-0.2, 0) is 0 Å². The number of nitro groups is 1. The summed E-state index contributed by atoms with van der Waals surface area (Å²) in [6.07, 6.45) is 3.24. The lowest BCUT2D eigenvalue weighted by Gasteiger charge is -2.13. The van der Waals surface area contributed by atoms with E-state index in [9.17, 15) is 14.9 Å². The monoisotopic (exact) mass is 257 g/mol. The molecular weight excluding hydrogens is 242 g/mol. The second kappa shape index (κ2) is 6.41. The lowest BCUT2D eigenvalue weighted by atomic mass is 10.2. The molecule has 0 radical (unpaired) electrons. The van der Waals surface area contributed by atoms with Crippen LogP contribution in [0.2, 0.25) is 0 Å². The fourth-order valence-corrected chi connectivity index (χ4v) is 1.80. The van der Waals surface area contributed by atoms with Gasteiger partial charge in [0, 0.05) is 18.4 Å². The van der Waals surface area contributed by atoms with Crippen molar-refractivity contribution in [1.29, 1.82) is 0 Å². The van der Waals surface area contributed by atoms with Gasteiger partial charge in [-0.3, -0.25) is 19.8 Å². The summed E-state index contributed by atoms with van der Waals surface area (Å²) in [5, 5.41) is 10.5.